The Kier molecular flexibility index (Phi) is 13.0. The van der Waals surface area contributed by atoms with Crippen LogP contribution in [0, 0.1) is 21.4 Å². The van der Waals surface area contributed by atoms with E-state index in [9.17, 15) is 28.4 Å². The maximum atomic E-state index is 14.7. The summed E-state index contributed by atoms with van der Waals surface area (Å²) in [5.74, 6) is 0.493. The number of hydrogen-bond acceptors (Lipinski definition) is 14. The number of likely N-dealkylation sites (tertiary alicyclic amines) is 1. The number of H-pyrrole nitrogens is 1. The molecule has 72 heavy (non-hydrogen) atoms. The highest BCUT2D eigenvalue weighted by Gasteiger charge is 2.53. The fourth-order valence-corrected chi connectivity index (χ4v) is 13.5. The second kappa shape index (κ2) is 19.2. The Morgan fingerprint density at radius 2 is 1.72 bits per heavy atom. The summed E-state index contributed by atoms with van der Waals surface area (Å²) in [5, 5.41) is 26.7. The van der Waals surface area contributed by atoms with Crippen LogP contribution in [0.3, 0.4) is 0 Å². The zero-order chi connectivity index (χ0) is 49.9. The van der Waals surface area contributed by atoms with E-state index in [4.69, 9.17) is 19.2 Å². The Hall–Kier alpha value is -5.79. The summed E-state index contributed by atoms with van der Waals surface area (Å²) >= 11 is 0. The number of amides is 1. The fraction of sp³-hybridized carbons (Fsp3) is 0.519. The van der Waals surface area contributed by atoms with Crippen molar-refractivity contribution in [3.63, 3.8) is 0 Å². The van der Waals surface area contributed by atoms with Crippen LogP contribution in [0.2, 0.25) is 0 Å². The minimum atomic E-state index is -4.62. The van der Waals surface area contributed by atoms with Gasteiger partial charge in [0.2, 0.25) is 5.88 Å². The standard InChI is InChI=1S/C54H66N8O9S/c1-34(2)40-6-4-5-7-41(40)43-30-70-25-20-54(43)32-60(33-54)37-15-22-59(23-16-37)38-8-10-42(46(27-38)61-45-17-24-69-31-49(45)71-52-48(61)26-36-14-21-55-50(36)57-52)51(63)58-72(67,68)39-9-11-44(47(28-39)62(65)66)56-29-35-12-18-53(3,64)19-13-35/h4-11,14,21,26-28,34-35,37,43,45,49,56,64H,12-13,15-20,22-25,29-33H2,1-3H3,(H,55,57)(H,58,63)/t35?,43-,45-,49-,53?/m0/s1. The average Bonchev–Trinajstić information content (AvgIpc) is 3.83. The zero-order valence-electron chi connectivity index (χ0n) is 41.3. The lowest BCUT2D eigenvalue weighted by atomic mass is 9.62. The smallest absolute Gasteiger partial charge is 0.293 e. The highest BCUT2D eigenvalue weighted by atomic mass is 32.2. The second-order valence-electron chi connectivity index (χ2n) is 21.7. The molecule has 1 saturated carbocycles. The Bertz CT molecular complexity index is 2960. The monoisotopic (exact) mass is 1000 g/mol. The zero-order valence-corrected chi connectivity index (χ0v) is 42.2. The second-order valence-corrected chi connectivity index (χ2v) is 23.4. The van der Waals surface area contributed by atoms with Gasteiger partial charge in [-0.15, -0.1) is 0 Å². The molecule has 2 aromatic heterocycles. The Balaban J connectivity index is 0.862. The van der Waals surface area contributed by atoms with E-state index >= 15 is 0 Å². The molecule has 7 heterocycles. The maximum absolute atomic E-state index is 14.7. The topological polar surface area (TPSA) is 205 Å². The number of benzene rings is 3. The van der Waals surface area contributed by atoms with Crippen molar-refractivity contribution in [2.24, 2.45) is 11.3 Å². The van der Waals surface area contributed by atoms with E-state index in [1.807, 2.05) is 31.2 Å². The fourth-order valence-electron chi connectivity index (χ4n) is 12.5. The number of nitrogens with one attached hydrogen (secondary N) is 3. The first-order valence-corrected chi connectivity index (χ1v) is 27.3. The Morgan fingerprint density at radius 1 is 0.944 bits per heavy atom. The van der Waals surface area contributed by atoms with Crippen molar-refractivity contribution in [2.45, 2.75) is 113 Å². The number of piperidine rings is 1. The average molecular weight is 1000 g/mol. The summed E-state index contributed by atoms with van der Waals surface area (Å²) in [7, 11) is -4.62. The first-order valence-electron chi connectivity index (χ1n) is 25.8. The van der Waals surface area contributed by atoms with Crippen molar-refractivity contribution in [3.8, 4) is 5.88 Å². The highest BCUT2D eigenvalue weighted by Crippen LogP contribution is 2.52. The molecule has 0 bridgehead atoms. The van der Waals surface area contributed by atoms with Crippen molar-refractivity contribution in [3.05, 3.63) is 106 Å². The molecule has 3 atom stereocenters. The van der Waals surface area contributed by atoms with E-state index in [-0.39, 0.29) is 28.6 Å². The van der Waals surface area contributed by atoms with Gasteiger partial charge in [-0.3, -0.25) is 19.8 Å². The van der Waals surface area contributed by atoms with Gasteiger partial charge in [0.05, 0.1) is 45.9 Å². The maximum Gasteiger partial charge on any atom is 0.293 e. The number of aromatic amines is 1. The van der Waals surface area contributed by atoms with E-state index < -0.39 is 43.1 Å². The molecule has 5 aromatic rings. The van der Waals surface area contributed by atoms with Crippen LogP contribution in [0.25, 0.3) is 11.0 Å². The van der Waals surface area contributed by atoms with E-state index in [1.165, 1.54) is 23.3 Å². The molecular weight excluding hydrogens is 937 g/mol. The number of sulfonamides is 1. The molecule has 1 amide bonds. The molecule has 5 fully saturated rings. The van der Waals surface area contributed by atoms with Crippen LogP contribution in [-0.4, -0.2) is 122 Å². The van der Waals surface area contributed by atoms with E-state index in [1.54, 1.807) is 12.3 Å². The summed E-state index contributed by atoms with van der Waals surface area (Å²) < 4.78 is 49.2. The number of rotatable bonds is 12. The van der Waals surface area contributed by atoms with Gasteiger partial charge in [-0.2, -0.15) is 4.98 Å². The summed E-state index contributed by atoms with van der Waals surface area (Å²) in [6.07, 6.45) is 7.74. The van der Waals surface area contributed by atoms with Crippen molar-refractivity contribution >= 4 is 55.4 Å². The number of nitro benzene ring substituents is 1. The molecule has 1 aliphatic carbocycles. The number of aromatic nitrogens is 2. The van der Waals surface area contributed by atoms with Crippen molar-refractivity contribution in [1.29, 1.82) is 0 Å². The largest absolute Gasteiger partial charge is 0.468 e. The lowest BCUT2D eigenvalue weighted by molar-refractivity contribution is -0.384. The van der Waals surface area contributed by atoms with Gasteiger partial charge in [0, 0.05) is 86.6 Å². The molecular formula is C54H66N8O9S. The third kappa shape index (κ3) is 9.29. The number of pyridine rings is 1. The summed E-state index contributed by atoms with van der Waals surface area (Å²) in [4.78, 5) is 41.2. The van der Waals surface area contributed by atoms with Crippen LogP contribution in [0.4, 0.5) is 28.4 Å². The molecule has 6 aliphatic rings. The number of ether oxygens (including phenoxy) is 3. The van der Waals surface area contributed by atoms with Gasteiger partial charge in [0.15, 0.2) is 0 Å². The summed E-state index contributed by atoms with van der Waals surface area (Å²) in [6.45, 7) is 12.8. The summed E-state index contributed by atoms with van der Waals surface area (Å²) in [5.41, 5.74) is 4.88. The predicted molar refractivity (Wildman–Crippen MR) is 275 cm³/mol. The normalized spacial score (nSPS) is 25.6. The quantitative estimate of drug-likeness (QED) is 0.0687. The molecule has 18 heteroatoms. The molecule has 3 aromatic carbocycles. The molecule has 0 unspecified atom stereocenters. The summed E-state index contributed by atoms with van der Waals surface area (Å²) in [6, 6.07) is 22.2. The first-order chi connectivity index (χ1) is 34.6. The molecule has 4 saturated heterocycles. The predicted octanol–water partition coefficient (Wildman–Crippen LogP) is 8.23. The number of hydrogen-bond donors (Lipinski definition) is 4. The molecule has 17 nitrogen and oxygen atoms in total. The Labute approximate surface area is 420 Å². The van der Waals surface area contributed by atoms with Gasteiger partial charge in [-0.1, -0.05) is 38.1 Å². The number of fused-ring (bicyclic) bond motifs is 3. The van der Waals surface area contributed by atoms with Crippen LogP contribution < -0.4 is 24.6 Å². The SMILES string of the molecule is CC(C)c1ccccc1[C@@H]1COCCC12CN(C1CCN(c3ccc(C(=O)NS(=O)(=O)c4ccc(NCC5CCC(C)(O)CC5)c([N+](=O)[O-])c4)c(N4c5cc6cc[nH]c6nc5O[C@H]5COCC[C@@H]54)c3)CC1)C2. The molecule has 1 spiro atoms. The first kappa shape index (κ1) is 48.5. The third-order valence-corrected chi connectivity index (χ3v) is 18.0. The van der Waals surface area contributed by atoms with E-state index in [0.29, 0.717) is 79.8 Å². The number of anilines is 4. The minimum absolute atomic E-state index is 0.111. The van der Waals surface area contributed by atoms with Crippen molar-refractivity contribution in [1.82, 2.24) is 19.6 Å². The van der Waals surface area contributed by atoms with Crippen molar-refractivity contribution < 1.29 is 37.5 Å². The van der Waals surface area contributed by atoms with Crippen LogP contribution in [-0.2, 0) is 19.5 Å². The molecule has 11 rings (SSSR count). The van der Waals surface area contributed by atoms with Gasteiger partial charge in [0.25, 0.3) is 21.6 Å². The van der Waals surface area contributed by atoms with E-state index in [0.717, 1.165) is 88.6 Å². The number of carbonyl (C=O) groups excluding carboxylic acids is 1. The van der Waals surface area contributed by atoms with Gasteiger partial charge in [-0.25, -0.2) is 13.1 Å². The number of nitro groups is 1. The van der Waals surface area contributed by atoms with Crippen LogP contribution in [0.1, 0.15) is 105 Å². The van der Waals surface area contributed by atoms with Gasteiger partial charge in [-0.05, 0) is 124 Å². The number of aliphatic hydroxyl groups is 1. The van der Waals surface area contributed by atoms with Crippen LogP contribution >= 0.6 is 0 Å². The molecule has 382 valence electrons. The lowest BCUT2D eigenvalue weighted by Crippen LogP contribution is -2.65. The van der Waals surface area contributed by atoms with Gasteiger partial charge in [0.1, 0.15) is 23.1 Å². The van der Waals surface area contributed by atoms with Gasteiger partial charge >= 0.3 is 0 Å². The molecule has 5 aliphatic heterocycles. The third-order valence-electron chi connectivity index (χ3n) is 16.7. The molecule has 0 radical (unpaired) electrons. The van der Waals surface area contributed by atoms with Crippen LogP contribution in [0.5, 0.6) is 5.88 Å². The van der Waals surface area contributed by atoms with Crippen molar-refractivity contribution in [2.75, 3.05) is 74.3 Å². The Morgan fingerprint density at radius 3 is 2.50 bits per heavy atom. The number of carbonyl (C=O) groups is 1. The van der Waals surface area contributed by atoms with E-state index in [2.05, 4.69) is 67.8 Å². The number of nitrogens with zero attached hydrogens (tertiary/aromatic N) is 5. The lowest BCUT2D eigenvalue weighted by Gasteiger charge is -2.59. The highest BCUT2D eigenvalue weighted by molar-refractivity contribution is 7.90. The van der Waals surface area contributed by atoms with Crippen LogP contribution in [0.15, 0.2) is 83.9 Å². The molecule has 4 N–H and O–H groups in total. The van der Waals surface area contributed by atoms with Gasteiger partial charge < -0.3 is 39.4 Å². The minimum Gasteiger partial charge on any atom is -0.468 e.